The Labute approximate surface area is 179 Å². The molecule has 9 heteroatoms. The third-order valence-electron chi connectivity index (χ3n) is 4.50. The van der Waals surface area contributed by atoms with E-state index >= 15 is 0 Å². The number of benzene rings is 1. The highest BCUT2D eigenvalue weighted by Gasteiger charge is 2.26. The minimum Gasteiger partial charge on any atom is -0.497 e. The van der Waals surface area contributed by atoms with Gasteiger partial charge in [-0.3, -0.25) is 0 Å². The SMILES string of the molecule is CCCN(CCC)c1nc(N)nc2c1NC(c1ccc(OC)cc1)CN2.Cl.Cl. The largest absolute Gasteiger partial charge is 0.497 e. The lowest BCUT2D eigenvalue weighted by molar-refractivity contribution is 0.414. The van der Waals surface area contributed by atoms with Gasteiger partial charge in [-0.15, -0.1) is 24.8 Å². The second kappa shape index (κ2) is 11.0. The van der Waals surface area contributed by atoms with Crippen LogP contribution in [0.25, 0.3) is 0 Å². The number of nitrogens with one attached hydrogen (secondary N) is 2. The summed E-state index contributed by atoms with van der Waals surface area (Å²) >= 11 is 0. The number of nitrogens with zero attached hydrogens (tertiary/aromatic N) is 3. The average Bonchev–Trinajstić information content (AvgIpc) is 2.67. The Morgan fingerprint density at radius 1 is 1.11 bits per heavy atom. The second-order valence-corrected chi connectivity index (χ2v) is 6.47. The number of nitrogen functional groups attached to an aromatic ring is 1. The van der Waals surface area contributed by atoms with Gasteiger partial charge in [0, 0.05) is 19.6 Å². The predicted molar refractivity (Wildman–Crippen MR) is 122 cm³/mol. The molecule has 3 rings (SSSR count). The van der Waals surface area contributed by atoms with E-state index in [1.165, 1.54) is 5.56 Å². The third kappa shape index (κ3) is 5.23. The smallest absolute Gasteiger partial charge is 0.224 e. The van der Waals surface area contributed by atoms with Crippen molar-refractivity contribution in [3.63, 3.8) is 0 Å². The van der Waals surface area contributed by atoms with Crippen molar-refractivity contribution >= 4 is 48.1 Å². The van der Waals surface area contributed by atoms with Crippen molar-refractivity contribution in [2.45, 2.75) is 32.7 Å². The van der Waals surface area contributed by atoms with Gasteiger partial charge in [-0.1, -0.05) is 26.0 Å². The highest BCUT2D eigenvalue weighted by Crippen LogP contribution is 2.37. The number of anilines is 4. The molecule has 0 bridgehead atoms. The Balaban J connectivity index is 0.00000196. The fourth-order valence-electron chi connectivity index (χ4n) is 3.28. The standard InChI is InChI=1S/C19H28N6O.2ClH/c1-4-10-25(11-5-2)18-16-17(23-19(20)24-18)21-12-15(22-16)13-6-8-14(26-3)9-7-13;;/h6-9,15,22H,4-5,10-12H2,1-3H3,(H3,20,21,23,24);2*1H. The first-order valence-corrected chi connectivity index (χ1v) is 9.23. The van der Waals surface area contributed by atoms with Gasteiger partial charge < -0.3 is 26.0 Å². The molecule has 1 aromatic heterocycles. The number of hydrogen-bond acceptors (Lipinski definition) is 7. The number of fused-ring (bicyclic) bond motifs is 1. The average molecular weight is 429 g/mol. The summed E-state index contributed by atoms with van der Waals surface area (Å²) in [6.45, 7) is 6.95. The summed E-state index contributed by atoms with van der Waals surface area (Å²) in [5.74, 6) is 2.80. The highest BCUT2D eigenvalue weighted by atomic mass is 35.5. The van der Waals surface area contributed by atoms with Crippen LogP contribution in [0.2, 0.25) is 0 Å². The first-order valence-electron chi connectivity index (χ1n) is 9.23. The minimum absolute atomic E-state index is 0. The van der Waals surface area contributed by atoms with Crippen LogP contribution in [0.1, 0.15) is 38.3 Å². The molecule has 0 spiro atoms. The Kier molecular flexibility index (Phi) is 9.41. The van der Waals surface area contributed by atoms with Crippen LogP contribution in [0.5, 0.6) is 5.75 Å². The number of methoxy groups -OCH3 is 1. The van der Waals surface area contributed by atoms with Gasteiger partial charge in [0.15, 0.2) is 11.6 Å². The van der Waals surface area contributed by atoms with E-state index in [9.17, 15) is 0 Å². The number of nitrogens with two attached hydrogens (primary N) is 1. The quantitative estimate of drug-likeness (QED) is 0.610. The van der Waals surface area contributed by atoms with Crippen LogP contribution in [0, 0.1) is 0 Å². The van der Waals surface area contributed by atoms with Crippen molar-refractivity contribution in [3.8, 4) is 5.75 Å². The molecule has 1 aromatic carbocycles. The van der Waals surface area contributed by atoms with Gasteiger partial charge in [0.1, 0.15) is 11.4 Å². The minimum atomic E-state index is 0. The van der Waals surface area contributed by atoms with Crippen molar-refractivity contribution in [1.29, 1.82) is 0 Å². The Morgan fingerprint density at radius 2 is 1.75 bits per heavy atom. The summed E-state index contributed by atoms with van der Waals surface area (Å²) in [4.78, 5) is 11.2. The Morgan fingerprint density at radius 3 is 2.32 bits per heavy atom. The molecule has 7 nitrogen and oxygen atoms in total. The lowest BCUT2D eigenvalue weighted by Crippen LogP contribution is -2.32. The van der Waals surface area contributed by atoms with Crippen molar-refractivity contribution in [2.24, 2.45) is 0 Å². The zero-order chi connectivity index (χ0) is 18.5. The molecule has 4 N–H and O–H groups in total. The van der Waals surface area contributed by atoms with E-state index in [1.54, 1.807) is 7.11 Å². The number of ether oxygens (including phenoxy) is 1. The topological polar surface area (TPSA) is 88.3 Å². The van der Waals surface area contributed by atoms with Crippen LogP contribution in [0.3, 0.4) is 0 Å². The molecule has 28 heavy (non-hydrogen) atoms. The molecule has 156 valence electrons. The monoisotopic (exact) mass is 428 g/mol. The maximum Gasteiger partial charge on any atom is 0.224 e. The maximum absolute atomic E-state index is 5.96. The number of rotatable bonds is 7. The van der Waals surface area contributed by atoms with Crippen molar-refractivity contribution in [3.05, 3.63) is 29.8 Å². The molecule has 2 aromatic rings. The van der Waals surface area contributed by atoms with Crippen LogP contribution in [-0.2, 0) is 0 Å². The van der Waals surface area contributed by atoms with E-state index in [4.69, 9.17) is 10.5 Å². The fourth-order valence-corrected chi connectivity index (χ4v) is 3.28. The maximum atomic E-state index is 5.96. The lowest BCUT2D eigenvalue weighted by atomic mass is 10.0. The molecular formula is C19H30Cl2N6O. The van der Waals surface area contributed by atoms with E-state index in [2.05, 4.69) is 51.5 Å². The molecule has 2 heterocycles. The summed E-state index contributed by atoms with van der Waals surface area (Å²) < 4.78 is 5.25. The lowest BCUT2D eigenvalue weighted by Gasteiger charge is -2.32. The van der Waals surface area contributed by atoms with Crippen LogP contribution >= 0.6 is 24.8 Å². The highest BCUT2D eigenvalue weighted by molar-refractivity contribution is 5.85. The van der Waals surface area contributed by atoms with Gasteiger partial charge in [-0.2, -0.15) is 9.97 Å². The molecule has 0 saturated heterocycles. The first kappa shape index (κ1) is 23.9. The van der Waals surface area contributed by atoms with E-state index in [-0.39, 0.29) is 30.9 Å². The zero-order valence-electron chi connectivity index (χ0n) is 16.6. The fraction of sp³-hybridized carbons (Fsp3) is 0.474. The number of hydrogen-bond donors (Lipinski definition) is 3. The first-order chi connectivity index (χ1) is 12.7. The Hall–Kier alpha value is -2.12. The normalized spacial score (nSPS) is 14.5. The van der Waals surface area contributed by atoms with Gasteiger partial charge in [0.25, 0.3) is 0 Å². The van der Waals surface area contributed by atoms with Gasteiger partial charge in [0.2, 0.25) is 5.95 Å². The van der Waals surface area contributed by atoms with Crippen LogP contribution in [-0.4, -0.2) is 36.7 Å². The van der Waals surface area contributed by atoms with Crippen LogP contribution in [0.15, 0.2) is 24.3 Å². The predicted octanol–water partition coefficient (Wildman–Crippen LogP) is 4.12. The van der Waals surface area contributed by atoms with Crippen molar-refractivity contribution in [1.82, 2.24) is 9.97 Å². The molecule has 0 fully saturated rings. The van der Waals surface area contributed by atoms with E-state index in [0.717, 1.165) is 55.5 Å². The van der Waals surface area contributed by atoms with Crippen molar-refractivity contribution in [2.75, 3.05) is 48.0 Å². The molecule has 1 aliphatic rings. The summed E-state index contributed by atoms with van der Waals surface area (Å²) in [6, 6.07) is 8.25. The molecule has 1 unspecified atom stereocenters. The number of aromatic nitrogens is 2. The van der Waals surface area contributed by atoms with Crippen molar-refractivity contribution < 1.29 is 4.74 Å². The van der Waals surface area contributed by atoms with E-state index in [0.29, 0.717) is 5.95 Å². The van der Waals surface area contributed by atoms with Crippen LogP contribution in [0.4, 0.5) is 23.3 Å². The summed E-state index contributed by atoms with van der Waals surface area (Å²) in [5, 5.41) is 7.03. The summed E-state index contributed by atoms with van der Waals surface area (Å²) in [7, 11) is 1.68. The molecule has 0 amide bonds. The van der Waals surface area contributed by atoms with E-state index in [1.807, 2.05) is 12.1 Å². The molecular weight excluding hydrogens is 399 g/mol. The molecule has 0 radical (unpaired) electrons. The van der Waals surface area contributed by atoms with Gasteiger partial charge in [-0.25, -0.2) is 0 Å². The molecule has 0 aliphatic carbocycles. The molecule has 0 saturated carbocycles. The van der Waals surface area contributed by atoms with Gasteiger partial charge in [-0.05, 0) is 30.5 Å². The number of halogens is 2. The molecule has 1 atom stereocenters. The van der Waals surface area contributed by atoms with Crippen LogP contribution < -0.4 is 26.0 Å². The third-order valence-corrected chi connectivity index (χ3v) is 4.50. The second-order valence-electron chi connectivity index (χ2n) is 6.47. The summed E-state index contributed by atoms with van der Waals surface area (Å²) in [5.41, 5.74) is 8.07. The van der Waals surface area contributed by atoms with Gasteiger partial charge >= 0.3 is 0 Å². The Bertz CT molecular complexity index is 738. The molecule has 1 aliphatic heterocycles. The van der Waals surface area contributed by atoms with E-state index < -0.39 is 0 Å². The summed E-state index contributed by atoms with van der Waals surface area (Å²) in [6.07, 6.45) is 2.10. The zero-order valence-corrected chi connectivity index (χ0v) is 18.2. The van der Waals surface area contributed by atoms with Gasteiger partial charge in [0.05, 0.1) is 13.2 Å².